The van der Waals surface area contributed by atoms with Crippen LogP contribution in [-0.4, -0.2) is 34.6 Å². The third kappa shape index (κ3) is 1.70. The molecular formula is C13H11FN2O4. The quantitative estimate of drug-likeness (QED) is 0.757. The molecule has 6 nitrogen and oxygen atoms in total. The molecule has 0 bridgehead atoms. The third-order valence-electron chi connectivity index (χ3n) is 3.40. The van der Waals surface area contributed by atoms with Gasteiger partial charge in [0.05, 0.1) is 11.1 Å². The van der Waals surface area contributed by atoms with Gasteiger partial charge in [-0.05, 0) is 24.6 Å². The number of nitrogens with one attached hydrogen (secondary N) is 1. The van der Waals surface area contributed by atoms with Crippen molar-refractivity contribution in [3.8, 4) is 0 Å². The summed E-state index contributed by atoms with van der Waals surface area (Å²) in [6.07, 6.45) is 0.136. The average molecular weight is 278 g/mol. The fourth-order valence-corrected chi connectivity index (χ4v) is 2.44. The lowest BCUT2D eigenvalue weighted by Crippen LogP contribution is -2.54. The first-order chi connectivity index (χ1) is 9.49. The highest BCUT2D eigenvalue weighted by Crippen LogP contribution is 2.27. The maximum absolute atomic E-state index is 13.2. The minimum absolute atomic E-state index is 0. The van der Waals surface area contributed by atoms with Gasteiger partial charge in [0.25, 0.3) is 11.8 Å². The Balaban J connectivity index is 0.00000161. The lowest BCUT2D eigenvalue weighted by Gasteiger charge is -2.27. The molecule has 20 heavy (non-hydrogen) atoms. The molecule has 1 fully saturated rings. The average Bonchev–Trinajstić information content (AvgIpc) is 2.63. The fourth-order valence-electron chi connectivity index (χ4n) is 2.44. The Bertz CT molecular complexity index is 676. The van der Waals surface area contributed by atoms with E-state index in [1.165, 1.54) is 6.07 Å². The van der Waals surface area contributed by atoms with Gasteiger partial charge < -0.3 is 0 Å². The molecule has 2 aliphatic heterocycles. The van der Waals surface area contributed by atoms with Crippen LogP contribution in [0.15, 0.2) is 18.2 Å². The first kappa shape index (κ1) is 12.5. The van der Waals surface area contributed by atoms with Crippen molar-refractivity contribution >= 4 is 23.6 Å². The first-order valence-electron chi connectivity index (χ1n) is 6.00. The van der Waals surface area contributed by atoms with Crippen molar-refractivity contribution < 1.29 is 25.0 Å². The van der Waals surface area contributed by atoms with Gasteiger partial charge in [-0.2, -0.15) is 0 Å². The first-order valence-corrected chi connectivity index (χ1v) is 6.00. The highest BCUT2D eigenvalue weighted by Gasteiger charge is 2.44. The number of nitrogens with zero attached hydrogens (tertiary/aromatic N) is 1. The second kappa shape index (κ2) is 4.22. The second-order valence-electron chi connectivity index (χ2n) is 4.64. The Morgan fingerprint density at radius 3 is 2.55 bits per heavy atom. The predicted octanol–water partition coefficient (Wildman–Crippen LogP) is 0.473. The van der Waals surface area contributed by atoms with Crippen molar-refractivity contribution in [1.29, 1.82) is 0 Å². The summed E-state index contributed by atoms with van der Waals surface area (Å²) >= 11 is 0. The molecule has 1 unspecified atom stereocenters. The molecule has 0 radical (unpaired) electrons. The minimum atomic E-state index is -1.02. The molecule has 0 spiro atoms. The summed E-state index contributed by atoms with van der Waals surface area (Å²) in [5.41, 5.74) is 0.0146. The Kier molecular flexibility index (Phi) is 2.63. The van der Waals surface area contributed by atoms with Crippen LogP contribution in [0.5, 0.6) is 0 Å². The number of imide groups is 2. The fraction of sp³-hybridized carbons (Fsp3) is 0.231. The summed E-state index contributed by atoms with van der Waals surface area (Å²) in [6, 6.07) is 2.25. The Morgan fingerprint density at radius 1 is 1.15 bits per heavy atom. The second-order valence-corrected chi connectivity index (χ2v) is 4.64. The normalized spacial score (nSPS) is 22.1. The van der Waals surface area contributed by atoms with Crippen molar-refractivity contribution in [2.24, 2.45) is 0 Å². The van der Waals surface area contributed by atoms with E-state index in [-0.39, 0.29) is 25.4 Å². The highest BCUT2D eigenvalue weighted by molar-refractivity contribution is 6.23. The maximum Gasteiger partial charge on any atom is 0.262 e. The molecule has 0 aliphatic carbocycles. The summed E-state index contributed by atoms with van der Waals surface area (Å²) in [5, 5.41) is 2.09. The van der Waals surface area contributed by atoms with Gasteiger partial charge in [0.2, 0.25) is 11.8 Å². The number of amides is 4. The smallest absolute Gasteiger partial charge is 0.262 e. The summed E-state index contributed by atoms with van der Waals surface area (Å²) in [4.78, 5) is 48.0. The number of hydrogen-bond acceptors (Lipinski definition) is 4. The number of fused-ring (bicyclic) bond motifs is 1. The van der Waals surface area contributed by atoms with Crippen LogP contribution >= 0.6 is 0 Å². The van der Waals surface area contributed by atoms with E-state index in [0.717, 1.165) is 17.0 Å². The molecule has 2 aliphatic rings. The van der Waals surface area contributed by atoms with Crippen molar-refractivity contribution in [2.75, 3.05) is 0 Å². The van der Waals surface area contributed by atoms with Crippen LogP contribution in [0, 0.1) is 5.82 Å². The number of hydrogen-bond donors (Lipinski definition) is 1. The van der Waals surface area contributed by atoms with E-state index in [9.17, 15) is 23.6 Å². The molecule has 4 amide bonds. The molecule has 7 heteroatoms. The highest BCUT2D eigenvalue weighted by atomic mass is 19.1. The van der Waals surface area contributed by atoms with Crippen LogP contribution in [0.4, 0.5) is 4.39 Å². The predicted molar refractivity (Wildman–Crippen MR) is 65.2 cm³/mol. The summed E-state index contributed by atoms with van der Waals surface area (Å²) in [6.45, 7) is 0. The van der Waals surface area contributed by atoms with Crippen LogP contribution in [0.1, 0.15) is 35.0 Å². The van der Waals surface area contributed by atoms with Crippen LogP contribution in [0.3, 0.4) is 0 Å². The van der Waals surface area contributed by atoms with Crippen molar-refractivity contribution in [2.45, 2.75) is 18.9 Å². The van der Waals surface area contributed by atoms with Gasteiger partial charge in [-0.1, -0.05) is 0 Å². The van der Waals surface area contributed by atoms with Gasteiger partial charge >= 0.3 is 0 Å². The lowest BCUT2D eigenvalue weighted by atomic mass is 10.0. The number of benzene rings is 1. The van der Waals surface area contributed by atoms with E-state index >= 15 is 0 Å². The maximum atomic E-state index is 13.2. The van der Waals surface area contributed by atoms with E-state index in [4.69, 9.17) is 0 Å². The number of carbonyl (C=O) groups is 4. The van der Waals surface area contributed by atoms with Gasteiger partial charge in [0.15, 0.2) is 0 Å². The zero-order valence-corrected chi connectivity index (χ0v) is 10.2. The van der Waals surface area contributed by atoms with Crippen LogP contribution in [0.2, 0.25) is 0 Å². The van der Waals surface area contributed by atoms with E-state index < -0.39 is 35.5 Å². The van der Waals surface area contributed by atoms with E-state index in [1.807, 2.05) is 0 Å². The minimum Gasteiger partial charge on any atom is -0.295 e. The molecule has 0 saturated carbocycles. The molecule has 1 aromatic rings. The lowest BCUT2D eigenvalue weighted by molar-refractivity contribution is -0.136. The molecule has 2 heterocycles. The van der Waals surface area contributed by atoms with E-state index in [1.54, 1.807) is 0 Å². The topological polar surface area (TPSA) is 83.6 Å². The molecule has 1 saturated heterocycles. The molecular weight excluding hydrogens is 267 g/mol. The molecule has 1 atom stereocenters. The van der Waals surface area contributed by atoms with Gasteiger partial charge in [-0.3, -0.25) is 29.4 Å². The van der Waals surface area contributed by atoms with Crippen molar-refractivity contribution in [3.63, 3.8) is 0 Å². The van der Waals surface area contributed by atoms with Gasteiger partial charge in [0, 0.05) is 7.85 Å². The summed E-state index contributed by atoms with van der Waals surface area (Å²) in [7, 11) is 0. The van der Waals surface area contributed by atoms with Crippen LogP contribution < -0.4 is 5.32 Å². The van der Waals surface area contributed by atoms with Gasteiger partial charge in [0.1, 0.15) is 11.9 Å². The number of piperidine rings is 1. The number of carbonyl (C=O) groups excluding carboxylic acids is 4. The zero-order chi connectivity index (χ0) is 14.4. The molecule has 0 aromatic heterocycles. The van der Waals surface area contributed by atoms with E-state index in [2.05, 4.69) is 5.32 Å². The van der Waals surface area contributed by atoms with Gasteiger partial charge in [-0.25, -0.2) is 4.39 Å². The monoisotopic (exact) mass is 278 g/mol. The number of halogens is 1. The van der Waals surface area contributed by atoms with E-state index in [0.29, 0.717) is 0 Å². The molecule has 1 N–H and O–H groups in total. The third-order valence-corrected chi connectivity index (χ3v) is 3.40. The van der Waals surface area contributed by atoms with Crippen LogP contribution in [0.25, 0.3) is 0 Å². The number of rotatable bonds is 1. The van der Waals surface area contributed by atoms with Gasteiger partial charge in [-0.15, -0.1) is 0 Å². The van der Waals surface area contributed by atoms with Crippen LogP contribution in [-0.2, 0) is 9.59 Å². The summed E-state index contributed by atoms with van der Waals surface area (Å²) < 4.78 is 13.2. The van der Waals surface area contributed by atoms with Crippen molar-refractivity contribution in [1.82, 2.24) is 10.2 Å². The van der Waals surface area contributed by atoms with Crippen molar-refractivity contribution in [3.05, 3.63) is 35.1 Å². The molecule has 104 valence electrons. The Morgan fingerprint density at radius 2 is 1.85 bits per heavy atom. The SMILES string of the molecule is O=C1CCC(N2C(=O)c3ccc(F)cc3C2=O)C(=O)N1.[HH]. The Labute approximate surface area is 114 Å². The Hall–Kier alpha value is -2.57. The molecule has 1 aromatic carbocycles. The summed E-state index contributed by atoms with van der Waals surface area (Å²) in [5.74, 6) is -3.10. The standard InChI is InChI=1S/C13H9FN2O4.H2/c14-6-1-2-7-8(5-6)13(20)16(12(7)19)9-3-4-10(17)15-11(9)18;/h1-2,5,9H,3-4H2,(H,15,17,18);1H. The molecule has 3 rings (SSSR count). The largest absolute Gasteiger partial charge is 0.295 e. The zero-order valence-electron chi connectivity index (χ0n) is 10.2.